The summed E-state index contributed by atoms with van der Waals surface area (Å²) in [7, 11) is 0. The molecule has 0 aliphatic carbocycles. The number of thiazole rings is 1. The molecular weight excluding hydrogens is 186 g/mol. The average molecular weight is 199 g/mol. The van der Waals surface area contributed by atoms with Crippen molar-refractivity contribution in [3.05, 3.63) is 16.6 Å². The van der Waals surface area contributed by atoms with Gasteiger partial charge in [-0.05, 0) is 19.3 Å². The van der Waals surface area contributed by atoms with Crippen molar-refractivity contribution in [3.8, 4) is 0 Å². The third-order valence-electron chi connectivity index (χ3n) is 2.04. The lowest BCUT2D eigenvalue weighted by atomic mass is 10.2. The summed E-state index contributed by atoms with van der Waals surface area (Å²) in [5.74, 6) is 0. The summed E-state index contributed by atoms with van der Waals surface area (Å²) in [5, 5.41) is 2.00. The maximum atomic E-state index is 5.55. The van der Waals surface area contributed by atoms with Gasteiger partial charge in [-0.3, -0.25) is 0 Å². The highest BCUT2D eigenvalue weighted by Crippen LogP contribution is 2.15. The fourth-order valence-electron chi connectivity index (χ4n) is 1.33. The molecule has 2 heterocycles. The van der Waals surface area contributed by atoms with E-state index in [2.05, 4.69) is 4.98 Å². The van der Waals surface area contributed by atoms with Crippen LogP contribution in [0.4, 0.5) is 0 Å². The zero-order chi connectivity index (χ0) is 8.93. The van der Waals surface area contributed by atoms with E-state index in [9.17, 15) is 0 Å². The van der Waals surface area contributed by atoms with E-state index in [4.69, 9.17) is 9.47 Å². The van der Waals surface area contributed by atoms with Gasteiger partial charge in [-0.1, -0.05) is 0 Å². The van der Waals surface area contributed by atoms with Gasteiger partial charge in [0.15, 0.2) is 6.29 Å². The molecule has 0 amide bonds. The second-order valence-electron chi connectivity index (χ2n) is 3.09. The van der Waals surface area contributed by atoms with Crippen molar-refractivity contribution in [3.63, 3.8) is 0 Å². The van der Waals surface area contributed by atoms with Gasteiger partial charge in [-0.15, -0.1) is 11.3 Å². The van der Waals surface area contributed by atoms with Crippen LogP contribution in [0.15, 0.2) is 10.9 Å². The molecule has 1 aromatic rings. The van der Waals surface area contributed by atoms with Crippen molar-refractivity contribution in [1.29, 1.82) is 0 Å². The summed E-state index contributed by atoms with van der Waals surface area (Å²) in [6.45, 7) is 1.41. The fourth-order valence-corrected chi connectivity index (χ4v) is 1.87. The second kappa shape index (κ2) is 4.69. The SMILES string of the molecule is c1nc(COC2CCCCO2)cs1. The standard InChI is InChI=1S/C9H13NO2S/c1-2-4-11-9(3-1)12-5-8-6-13-7-10-8/h6-7,9H,1-5H2. The van der Waals surface area contributed by atoms with Gasteiger partial charge >= 0.3 is 0 Å². The zero-order valence-corrected chi connectivity index (χ0v) is 8.26. The van der Waals surface area contributed by atoms with E-state index in [0.29, 0.717) is 6.61 Å². The molecule has 0 N–H and O–H groups in total. The van der Waals surface area contributed by atoms with Crippen LogP contribution in [-0.4, -0.2) is 17.9 Å². The van der Waals surface area contributed by atoms with Crippen molar-refractivity contribution in [1.82, 2.24) is 4.98 Å². The molecule has 0 saturated carbocycles. The maximum absolute atomic E-state index is 5.55. The third-order valence-corrected chi connectivity index (χ3v) is 2.67. The van der Waals surface area contributed by atoms with Gasteiger partial charge < -0.3 is 9.47 Å². The molecule has 0 radical (unpaired) electrons. The van der Waals surface area contributed by atoms with Crippen LogP contribution in [-0.2, 0) is 16.1 Å². The number of hydrogen-bond acceptors (Lipinski definition) is 4. The molecule has 0 spiro atoms. The monoisotopic (exact) mass is 199 g/mol. The van der Waals surface area contributed by atoms with E-state index < -0.39 is 0 Å². The first-order valence-corrected chi connectivity index (χ1v) is 5.50. The zero-order valence-electron chi connectivity index (χ0n) is 7.44. The van der Waals surface area contributed by atoms with E-state index in [1.54, 1.807) is 11.3 Å². The van der Waals surface area contributed by atoms with Crippen molar-refractivity contribution in [2.75, 3.05) is 6.61 Å². The lowest BCUT2D eigenvalue weighted by molar-refractivity contribution is -0.169. The van der Waals surface area contributed by atoms with E-state index >= 15 is 0 Å². The molecule has 1 saturated heterocycles. The average Bonchev–Trinajstić information content (AvgIpc) is 2.69. The van der Waals surface area contributed by atoms with Crippen LogP contribution in [0.2, 0.25) is 0 Å². The van der Waals surface area contributed by atoms with Crippen LogP contribution in [0, 0.1) is 0 Å². The molecule has 1 fully saturated rings. The summed E-state index contributed by atoms with van der Waals surface area (Å²) in [6.07, 6.45) is 3.39. The summed E-state index contributed by atoms with van der Waals surface area (Å²) in [5.41, 5.74) is 2.82. The molecule has 1 unspecified atom stereocenters. The molecule has 1 atom stereocenters. The van der Waals surface area contributed by atoms with Gasteiger partial charge in [0.05, 0.1) is 17.8 Å². The lowest BCUT2D eigenvalue weighted by Gasteiger charge is -2.22. The van der Waals surface area contributed by atoms with Gasteiger partial charge in [-0.25, -0.2) is 4.98 Å². The smallest absolute Gasteiger partial charge is 0.158 e. The summed E-state index contributed by atoms with van der Waals surface area (Å²) in [6, 6.07) is 0. The predicted molar refractivity (Wildman–Crippen MR) is 50.5 cm³/mol. The Kier molecular flexibility index (Phi) is 3.29. The topological polar surface area (TPSA) is 31.4 Å². The van der Waals surface area contributed by atoms with Crippen LogP contribution in [0.3, 0.4) is 0 Å². The summed E-state index contributed by atoms with van der Waals surface area (Å²) < 4.78 is 11.0. The minimum atomic E-state index is -0.00421. The molecule has 4 heteroatoms. The Labute approximate surface area is 81.7 Å². The first-order chi connectivity index (χ1) is 6.45. The second-order valence-corrected chi connectivity index (χ2v) is 3.81. The largest absolute Gasteiger partial charge is 0.353 e. The van der Waals surface area contributed by atoms with Gasteiger partial charge in [0.1, 0.15) is 0 Å². The Bertz CT molecular complexity index is 232. The fraction of sp³-hybridized carbons (Fsp3) is 0.667. The van der Waals surface area contributed by atoms with Gasteiger partial charge in [0.25, 0.3) is 0 Å². The molecule has 13 heavy (non-hydrogen) atoms. The molecule has 1 aliphatic rings. The Hall–Kier alpha value is -0.450. The number of nitrogens with zero attached hydrogens (tertiary/aromatic N) is 1. The van der Waals surface area contributed by atoms with Crippen molar-refractivity contribution in [2.45, 2.75) is 32.2 Å². The molecule has 2 rings (SSSR count). The molecule has 3 nitrogen and oxygen atoms in total. The lowest BCUT2D eigenvalue weighted by Crippen LogP contribution is -2.22. The molecule has 1 aliphatic heterocycles. The normalized spacial score (nSPS) is 23.2. The van der Waals surface area contributed by atoms with E-state index in [-0.39, 0.29) is 6.29 Å². The number of ether oxygens (including phenoxy) is 2. The van der Waals surface area contributed by atoms with Crippen LogP contribution in [0.1, 0.15) is 25.0 Å². The van der Waals surface area contributed by atoms with Gasteiger partial charge in [0.2, 0.25) is 0 Å². The Morgan fingerprint density at radius 3 is 3.31 bits per heavy atom. The maximum Gasteiger partial charge on any atom is 0.158 e. The van der Waals surface area contributed by atoms with Gasteiger partial charge in [-0.2, -0.15) is 0 Å². The molecule has 1 aromatic heterocycles. The van der Waals surface area contributed by atoms with Gasteiger partial charge in [0, 0.05) is 12.0 Å². The summed E-state index contributed by atoms with van der Waals surface area (Å²) in [4.78, 5) is 4.14. The molecule has 72 valence electrons. The minimum absolute atomic E-state index is 0.00421. The molecular formula is C9H13NO2S. The highest BCUT2D eigenvalue weighted by molar-refractivity contribution is 7.07. The van der Waals surface area contributed by atoms with Crippen LogP contribution in [0.25, 0.3) is 0 Å². The third kappa shape index (κ3) is 2.76. The van der Waals surface area contributed by atoms with Crippen molar-refractivity contribution >= 4 is 11.3 Å². The predicted octanol–water partition coefficient (Wildman–Crippen LogP) is 2.19. The van der Waals surface area contributed by atoms with Crippen LogP contribution >= 0.6 is 11.3 Å². The Morgan fingerprint density at radius 1 is 1.62 bits per heavy atom. The summed E-state index contributed by atoms with van der Waals surface area (Å²) >= 11 is 1.59. The number of aromatic nitrogens is 1. The number of rotatable bonds is 3. The van der Waals surface area contributed by atoms with E-state index in [1.807, 2.05) is 10.9 Å². The Morgan fingerprint density at radius 2 is 2.62 bits per heavy atom. The van der Waals surface area contributed by atoms with Crippen molar-refractivity contribution in [2.24, 2.45) is 0 Å². The number of hydrogen-bond donors (Lipinski definition) is 0. The van der Waals surface area contributed by atoms with E-state index in [0.717, 1.165) is 25.1 Å². The van der Waals surface area contributed by atoms with Crippen LogP contribution in [0.5, 0.6) is 0 Å². The first-order valence-electron chi connectivity index (χ1n) is 4.55. The molecule has 0 bridgehead atoms. The minimum Gasteiger partial charge on any atom is -0.353 e. The molecule has 0 aromatic carbocycles. The quantitative estimate of drug-likeness (QED) is 0.747. The highest BCUT2D eigenvalue weighted by Gasteiger charge is 2.13. The Balaban J connectivity index is 1.72. The van der Waals surface area contributed by atoms with Crippen LogP contribution < -0.4 is 0 Å². The first kappa shape index (κ1) is 9.12. The highest BCUT2D eigenvalue weighted by atomic mass is 32.1. The van der Waals surface area contributed by atoms with Crippen molar-refractivity contribution < 1.29 is 9.47 Å². The van der Waals surface area contributed by atoms with E-state index in [1.165, 1.54) is 6.42 Å².